The molecule has 1 aromatic carbocycles. The van der Waals surface area contributed by atoms with Crippen LogP contribution in [-0.2, 0) is 0 Å². The second-order valence-electron chi connectivity index (χ2n) is 3.15. The number of quaternary nitrogens is 1. The predicted octanol–water partition coefficient (Wildman–Crippen LogP) is -2.44. The summed E-state index contributed by atoms with van der Waals surface area (Å²) in [6, 6.07) is 9.89. The maximum atomic E-state index is 5.64. The van der Waals surface area contributed by atoms with E-state index in [-0.39, 0.29) is 23.2 Å². The monoisotopic (exact) mass is 245 g/mol. The van der Waals surface area contributed by atoms with Crippen molar-refractivity contribution in [3.63, 3.8) is 0 Å². The van der Waals surface area contributed by atoms with Gasteiger partial charge in [-0.15, -0.1) is 0 Å². The Morgan fingerprint density at radius 1 is 1.15 bits per heavy atom. The third-order valence-electron chi connectivity index (χ3n) is 1.87. The molecule has 2 nitrogen and oxygen atoms in total. The van der Waals surface area contributed by atoms with Gasteiger partial charge in [0.1, 0.15) is 5.75 Å². The van der Waals surface area contributed by atoms with Crippen molar-refractivity contribution in [1.82, 2.24) is 0 Å². The third kappa shape index (κ3) is 4.29. The summed E-state index contributed by atoms with van der Waals surface area (Å²) in [6.45, 7) is 2.06. The van der Waals surface area contributed by atoms with Crippen molar-refractivity contribution in [2.75, 3.05) is 14.1 Å². The average molecular weight is 246 g/mol. The van der Waals surface area contributed by atoms with Gasteiger partial charge in [-0.1, -0.05) is 18.2 Å². The maximum Gasteiger partial charge on any atom is 0.228 e. The minimum atomic E-state index is 0. The molecule has 0 amide bonds. The Morgan fingerprint density at radius 2 is 1.69 bits per heavy atom. The van der Waals surface area contributed by atoms with E-state index in [2.05, 4.69) is 21.0 Å². The van der Waals surface area contributed by atoms with Crippen LogP contribution in [0.4, 0.5) is 0 Å². The predicted molar refractivity (Wildman–Crippen MR) is 49.3 cm³/mol. The lowest BCUT2D eigenvalue weighted by Crippen LogP contribution is -3.10. The van der Waals surface area contributed by atoms with Crippen LogP contribution in [-0.4, -0.2) is 20.3 Å². The van der Waals surface area contributed by atoms with Crippen molar-refractivity contribution in [3.8, 4) is 5.75 Å². The summed E-state index contributed by atoms with van der Waals surface area (Å²) in [5.74, 6) is 0.936. The molecule has 0 heterocycles. The molecule has 0 saturated heterocycles. The van der Waals surface area contributed by atoms with Gasteiger partial charge in [0.05, 0.1) is 14.1 Å². The first kappa shape index (κ1) is 12.5. The number of para-hydroxylation sites is 1. The number of benzene rings is 1. The number of halogens is 1. The number of ether oxygens (including phenoxy) is 1. The van der Waals surface area contributed by atoms with E-state index in [9.17, 15) is 0 Å². The molecule has 0 aliphatic carbocycles. The molecule has 1 N–H and O–H groups in total. The molecule has 1 atom stereocenters. The molecule has 1 rings (SSSR count). The molecule has 0 aliphatic heterocycles. The molecule has 0 spiro atoms. The van der Waals surface area contributed by atoms with Gasteiger partial charge in [-0.3, -0.25) is 0 Å². The molecule has 1 unspecified atom stereocenters. The fraction of sp³-hybridized carbons (Fsp3) is 0.400. The highest BCUT2D eigenvalue weighted by molar-refractivity contribution is 5.20. The van der Waals surface area contributed by atoms with Crippen LogP contribution in [0.1, 0.15) is 6.92 Å². The van der Waals surface area contributed by atoms with E-state index in [0.29, 0.717) is 0 Å². The molecule has 0 fully saturated rings. The lowest BCUT2D eigenvalue weighted by atomic mass is 10.3. The Bertz CT molecular complexity index is 226. The van der Waals surface area contributed by atoms with E-state index in [1.807, 2.05) is 30.3 Å². The van der Waals surface area contributed by atoms with Gasteiger partial charge < -0.3 is 26.6 Å². The van der Waals surface area contributed by atoms with Gasteiger partial charge in [-0.05, 0) is 12.1 Å². The van der Waals surface area contributed by atoms with Crippen LogP contribution in [0.5, 0.6) is 5.75 Å². The van der Waals surface area contributed by atoms with Crippen LogP contribution in [0.3, 0.4) is 0 Å². The molecule has 0 saturated carbocycles. The van der Waals surface area contributed by atoms with Gasteiger partial charge in [0.2, 0.25) is 6.23 Å². The number of rotatable bonds is 3. The van der Waals surface area contributed by atoms with E-state index < -0.39 is 0 Å². The van der Waals surface area contributed by atoms with E-state index >= 15 is 0 Å². The lowest BCUT2D eigenvalue weighted by Gasteiger charge is -2.17. The SMILES string of the molecule is CC(Oc1ccccc1)[NH+](C)C.[Br-]. The van der Waals surface area contributed by atoms with E-state index in [1.54, 1.807) is 0 Å². The van der Waals surface area contributed by atoms with Gasteiger partial charge in [-0.2, -0.15) is 0 Å². The highest BCUT2D eigenvalue weighted by atomic mass is 79.9. The van der Waals surface area contributed by atoms with Crippen LogP contribution in [0.2, 0.25) is 0 Å². The summed E-state index contributed by atoms with van der Waals surface area (Å²) in [6.07, 6.45) is 0.201. The summed E-state index contributed by atoms with van der Waals surface area (Å²) in [4.78, 5) is 1.29. The molecule has 0 radical (unpaired) electrons. The first-order valence-corrected chi connectivity index (χ1v) is 4.22. The second-order valence-corrected chi connectivity index (χ2v) is 3.15. The summed E-state index contributed by atoms with van der Waals surface area (Å²) >= 11 is 0. The third-order valence-corrected chi connectivity index (χ3v) is 1.87. The Kier molecular flexibility index (Phi) is 5.75. The van der Waals surface area contributed by atoms with Crippen molar-refractivity contribution in [1.29, 1.82) is 0 Å². The quantitative estimate of drug-likeness (QED) is 0.585. The largest absolute Gasteiger partial charge is 1.00 e. The van der Waals surface area contributed by atoms with Gasteiger partial charge in [0.25, 0.3) is 0 Å². The minimum Gasteiger partial charge on any atom is -1.00 e. The summed E-state index contributed by atoms with van der Waals surface area (Å²) in [7, 11) is 4.15. The Labute approximate surface area is 90.3 Å². The van der Waals surface area contributed by atoms with Gasteiger partial charge >= 0.3 is 0 Å². The molecule has 13 heavy (non-hydrogen) atoms. The van der Waals surface area contributed by atoms with Crippen LogP contribution in [0.25, 0.3) is 0 Å². The molecule has 74 valence electrons. The zero-order valence-corrected chi connectivity index (χ0v) is 9.84. The van der Waals surface area contributed by atoms with Crippen LogP contribution >= 0.6 is 0 Å². The standard InChI is InChI=1S/C10H15NO.BrH/c1-9(11(2)3)12-10-7-5-4-6-8-10;/h4-9H,1-3H3;1H. The highest BCUT2D eigenvalue weighted by Crippen LogP contribution is 2.08. The fourth-order valence-electron chi connectivity index (χ4n) is 0.821. The Balaban J connectivity index is 0.00000144. The van der Waals surface area contributed by atoms with Crippen LogP contribution < -0.4 is 26.6 Å². The van der Waals surface area contributed by atoms with Gasteiger partial charge in [-0.25, -0.2) is 0 Å². The average Bonchev–Trinajstić information content (AvgIpc) is 2.06. The molecular weight excluding hydrogens is 230 g/mol. The molecule has 0 bridgehead atoms. The second kappa shape index (κ2) is 6.00. The van der Waals surface area contributed by atoms with Crippen molar-refractivity contribution >= 4 is 0 Å². The topological polar surface area (TPSA) is 13.7 Å². The smallest absolute Gasteiger partial charge is 0.228 e. The van der Waals surface area contributed by atoms with Gasteiger partial charge in [0, 0.05) is 6.92 Å². The lowest BCUT2D eigenvalue weighted by molar-refractivity contribution is -0.903. The molecule has 1 aromatic rings. The maximum absolute atomic E-state index is 5.64. The van der Waals surface area contributed by atoms with Crippen molar-refractivity contribution < 1.29 is 26.6 Å². The molecular formula is C10H16BrNO. The number of hydrogen-bond donors (Lipinski definition) is 1. The zero-order chi connectivity index (χ0) is 8.97. The van der Waals surface area contributed by atoms with E-state index in [4.69, 9.17) is 4.74 Å². The summed E-state index contributed by atoms with van der Waals surface area (Å²) in [5, 5.41) is 0. The van der Waals surface area contributed by atoms with Crippen molar-refractivity contribution in [2.45, 2.75) is 13.2 Å². The molecule has 0 aliphatic rings. The number of hydrogen-bond acceptors (Lipinski definition) is 1. The minimum absolute atomic E-state index is 0. The number of nitrogens with one attached hydrogen (secondary N) is 1. The Morgan fingerprint density at radius 3 is 2.15 bits per heavy atom. The highest BCUT2D eigenvalue weighted by Gasteiger charge is 2.07. The van der Waals surface area contributed by atoms with Crippen molar-refractivity contribution in [2.24, 2.45) is 0 Å². The van der Waals surface area contributed by atoms with E-state index in [1.165, 1.54) is 4.90 Å². The first-order chi connectivity index (χ1) is 5.70. The van der Waals surface area contributed by atoms with Gasteiger partial charge in [0.15, 0.2) is 0 Å². The van der Waals surface area contributed by atoms with E-state index in [0.717, 1.165) is 5.75 Å². The first-order valence-electron chi connectivity index (χ1n) is 4.22. The Hall–Kier alpha value is -0.540. The van der Waals surface area contributed by atoms with Crippen LogP contribution in [0, 0.1) is 0 Å². The normalized spacial score (nSPS) is 12.0. The summed E-state index contributed by atoms with van der Waals surface area (Å²) in [5.41, 5.74) is 0. The zero-order valence-electron chi connectivity index (χ0n) is 8.25. The molecule has 3 heteroatoms. The summed E-state index contributed by atoms with van der Waals surface area (Å²) < 4.78 is 5.64. The fourth-order valence-corrected chi connectivity index (χ4v) is 0.821. The van der Waals surface area contributed by atoms with Crippen LogP contribution in [0.15, 0.2) is 30.3 Å². The molecule has 0 aromatic heterocycles. The van der Waals surface area contributed by atoms with Crippen molar-refractivity contribution in [3.05, 3.63) is 30.3 Å².